The zero-order valence-corrected chi connectivity index (χ0v) is 18.9. The topological polar surface area (TPSA) is 88.5 Å². The molecule has 0 amide bonds. The molecule has 0 aliphatic carbocycles. The van der Waals surface area contributed by atoms with Gasteiger partial charge >= 0.3 is 0 Å². The smallest absolute Gasteiger partial charge is 0.229 e. The van der Waals surface area contributed by atoms with Gasteiger partial charge in [-0.1, -0.05) is 6.07 Å². The van der Waals surface area contributed by atoms with E-state index < -0.39 is 10.0 Å². The third-order valence-electron chi connectivity index (χ3n) is 5.05. The van der Waals surface area contributed by atoms with Gasteiger partial charge in [0.2, 0.25) is 10.0 Å². The summed E-state index contributed by atoms with van der Waals surface area (Å²) < 4.78 is 33.3. The SMILES string of the molecule is COc1cc(N2C(=S)N[C@@H](c3ccccn3)[C@@H]2c2ccn(C)c2)ccc1NS(C)(=O)=O. The molecule has 3 aromatic rings. The molecule has 8 nitrogen and oxygen atoms in total. The van der Waals surface area contributed by atoms with Crippen molar-refractivity contribution in [3.05, 3.63) is 72.3 Å². The molecule has 3 heterocycles. The standard InChI is InChI=1S/C21H23N5O3S2/c1-25-11-9-14(13-25)20-19(17-6-4-5-10-22-17)23-21(30)26(20)15-7-8-16(18(12-15)29-2)24-31(3,27)28/h4-13,19-20,24H,1-3H3,(H,23,30)/t19-,20-/m0/s1. The number of sulfonamides is 1. The Hall–Kier alpha value is -3.11. The van der Waals surface area contributed by atoms with Crippen molar-refractivity contribution in [1.82, 2.24) is 14.9 Å². The van der Waals surface area contributed by atoms with Crippen LogP contribution in [0.4, 0.5) is 11.4 Å². The first-order valence-electron chi connectivity index (χ1n) is 9.55. The molecule has 0 radical (unpaired) electrons. The minimum absolute atomic E-state index is 0.151. The fourth-order valence-corrected chi connectivity index (χ4v) is 4.70. The van der Waals surface area contributed by atoms with Crippen LogP contribution in [0.1, 0.15) is 23.3 Å². The largest absolute Gasteiger partial charge is 0.494 e. The van der Waals surface area contributed by atoms with Crippen LogP contribution in [0.2, 0.25) is 0 Å². The summed E-state index contributed by atoms with van der Waals surface area (Å²) in [7, 11) is 0.0288. The van der Waals surface area contributed by atoms with Gasteiger partial charge in [0.15, 0.2) is 5.11 Å². The minimum atomic E-state index is -3.44. The Morgan fingerprint density at radius 1 is 1.23 bits per heavy atom. The summed E-state index contributed by atoms with van der Waals surface area (Å²) in [5.74, 6) is 0.402. The van der Waals surface area contributed by atoms with Crippen molar-refractivity contribution in [3.63, 3.8) is 0 Å². The zero-order valence-electron chi connectivity index (χ0n) is 17.3. The summed E-state index contributed by atoms with van der Waals surface area (Å²) in [6.45, 7) is 0. The van der Waals surface area contributed by atoms with Gasteiger partial charge < -0.3 is 19.5 Å². The molecule has 1 aromatic carbocycles. The Kier molecular flexibility index (Phi) is 5.59. The molecule has 10 heteroatoms. The average molecular weight is 458 g/mol. The first-order chi connectivity index (χ1) is 14.8. The minimum Gasteiger partial charge on any atom is -0.494 e. The van der Waals surface area contributed by atoms with Crippen LogP contribution in [-0.4, -0.2) is 36.4 Å². The number of nitrogens with one attached hydrogen (secondary N) is 2. The summed E-state index contributed by atoms with van der Waals surface area (Å²) in [6.07, 6.45) is 6.91. The van der Waals surface area contributed by atoms with Crippen molar-refractivity contribution in [2.45, 2.75) is 12.1 Å². The third-order valence-corrected chi connectivity index (χ3v) is 5.96. The average Bonchev–Trinajstić information content (AvgIpc) is 3.30. The maximum atomic E-state index is 11.7. The first kappa shape index (κ1) is 21.1. The molecule has 2 atom stereocenters. The monoisotopic (exact) mass is 457 g/mol. The summed E-state index contributed by atoms with van der Waals surface area (Å²) in [4.78, 5) is 6.55. The Balaban J connectivity index is 1.79. The number of methoxy groups -OCH3 is 1. The number of thiocarbonyl (C=S) groups is 1. The Morgan fingerprint density at radius 2 is 2.03 bits per heavy atom. The summed E-state index contributed by atoms with van der Waals surface area (Å²) in [5, 5.41) is 3.95. The van der Waals surface area contributed by atoms with Crippen LogP contribution in [0, 0.1) is 0 Å². The number of aromatic nitrogens is 2. The second kappa shape index (κ2) is 8.20. The number of benzene rings is 1. The summed E-state index contributed by atoms with van der Waals surface area (Å²) in [5.41, 5.74) is 3.09. The Morgan fingerprint density at radius 3 is 2.65 bits per heavy atom. The number of anilines is 2. The van der Waals surface area contributed by atoms with Crippen LogP contribution in [0.15, 0.2) is 61.1 Å². The number of nitrogens with zero attached hydrogens (tertiary/aromatic N) is 3. The van der Waals surface area contributed by atoms with E-state index in [0.717, 1.165) is 23.2 Å². The van der Waals surface area contributed by atoms with Gasteiger partial charge in [-0.3, -0.25) is 9.71 Å². The highest BCUT2D eigenvalue weighted by Gasteiger charge is 2.41. The number of ether oxygens (including phenoxy) is 1. The van der Waals surface area contributed by atoms with E-state index in [0.29, 0.717) is 16.5 Å². The number of rotatable bonds is 6. The number of hydrogen-bond acceptors (Lipinski definition) is 5. The van der Waals surface area contributed by atoms with Crippen LogP contribution in [0.25, 0.3) is 0 Å². The van der Waals surface area contributed by atoms with Crippen LogP contribution in [0.3, 0.4) is 0 Å². The Bertz CT molecular complexity index is 1210. The van der Waals surface area contributed by atoms with E-state index in [9.17, 15) is 8.42 Å². The van der Waals surface area contributed by atoms with Crippen molar-refractivity contribution in [2.24, 2.45) is 7.05 Å². The van der Waals surface area contributed by atoms with Crippen molar-refractivity contribution in [2.75, 3.05) is 23.0 Å². The fourth-order valence-electron chi connectivity index (χ4n) is 3.79. The molecule has 4 rings (SSSR count). The first-order valence-corrected chi connectivity index (χ1v) is 11.8. The molecule has 162 valence electrons. The molecule has 0 bridgehead atoms. The number of pyridine rings is 1. The molecular formula is C21H23N5O3S2. The molecule has 2 aromatic heterocycles. The van der Waals surface area contributed by atoms with E-state index in [4.69, 9.17) is 17.0 Å². The third kappa shape index (κ3) is 4.35. The molecule has 0 spiro atoms. The Labute approximate surface area is 186 Å². The molecule has 1 fully saturated rings. The molecule has 1 aliphatic rings. The van der Waals surface area contributed by atoms with E-state index in [1.165, 1.54) is 7.11 Å². The number of aryl methyl sites for hydroxylation is 1. The van der Waals surface area contributed by atoms with Crippen LogP contribution < -0.4 is 19.7 Å². The van der Waals surface area contributed by atoms with Gasteiger partial charge in [0.05, 0.1) is 36.8 Å². The lowest BCUT2D eigenvalue weighted by molar-refractivity contribution is 0.417. The summed E-state index contributed by atoms with van der Waals surface area (Å²) in [6, 6.07) is 12.8. The zero-order chi connectivity index (χ0) is 22.2. The normalized spacial score (nSPS) is 18.7. The molecule has 1 saturated heterocycles. The predicted molar refractivity (Wildman–Crippen MR) is 125 cm³/mol. The lowest BCUT2D eigenvalue weighted by Crippen LogP contribution is -2.29. The maximum Gasteiger partial charge on any atom is 0.229 e. The molecule has 0 unspecified atom stereocenters. The summed E-state index contributed by atoms with van der Waals surface area (Å²) >= 11 is 5.71. The second-order valence-electron chi connectivity index (χ2n) is 7.37. The van der Waals surface area contributed by atoms with Crippen molar-refractivity contribution >= 4 is 38.7 Å². The van der Waals surface area contributed by atoms with Crippen LogP contribution in [-0.2, 0) is 17.1 Å². The highest BCUT2D eigenvalue weighted by molar-refractivity contribution is 7.92. The molecule has 0 saturated carbocycles. The number of hydrogen-bond donors (Lipinski definition) is 2. The van der Waals surface area contributed by atoms with E-state index in [1.807, 2.05) is 47.0 Å². The lowest BCUT2D eigenvalue weighted by atomic mass is 9.98. The van der Waals surface area contributed by atoms with Gasteiger partial charge in [0, 0.05) is 37.4 Å². The second-order valence-corrected chi connectivity index (χ2v) is 9.50. The van der Waals surface area contributed by atoms with Gasteiger partial charge in [-0.05, 0) is 48.1 Å². The van der Waals surface area contributed by atoms with E-state index in [1.54, 1.807) is 18.3 Å². The van der Waals surface area contributed by atoms with Crippen molar-refractivity contribution in [1.29, 1.82) is 0 Å². The van der Waals surface area contributed by atoms with E-state index >= 15 is 0 Å². The van der Waals surface area contributed by atoms with E-state index in [2.05, 4.69) is 27.3 Å². The van der Waals surface area contributed by atoms with Crippen molar-refractivity contribution in [3.8, 4) is 5.75 Å². The predicted octanol–water partition coefficient (Wildman–Crippen LogP) is 2.98. The van der Waals surface area contributed by atoms with Gasteiger partial charge in [0.25, 0.3) is 0 Å². The van der Waals surface area contributed by atoms with Crippen LogP contribution >= 0.6 is 12.2 Å². The van der Waals surface area contributed by atoms with E-state index in [-0.39, 0.29) is 12.1 Å². The van der Waals surface area contributed by atoms with Gasteiger partial charge in [-0.15, -0.1) is 0 Å². The fraction of sp³-hybridized carbons (Fsp3) is 0.238. The maximum absolute atomic E-state index is 11.7. The van der Waals surface area contributed by atoms with Crippen LogP contribution in [0.5, 0.6) is 5.75 Å². The highest BCUT2D eigenvalue weighted by atomic mass is 32.2. The highest BCUT2D eigenvalue weighted by Crippen LogP contribution is 2.43. The van der Waals surface area contributed by atoms with Crippen molar-refractivity contribution < 1.29 is 13.2 Å². The van der Waals surface area contributed by atoms with Gasteiger partial charge in [-0.2, -0.15) is 0 Å². The van der Waals surface area contributed by atoms with Gasteiger partial charge in [-0.25, -0.2) is 8.42 Å². The lowest BCUT2D eigenvalue weighted by Gasteiger charge is -2.28. The molecule has 2 N–H and O–H groups in total. The molecule has 31 heavy (non-hydrogen) atoms. The van der Waals surface area contributed by atoms with Gasteiger partial charge in [0.1, 0.15) is 5.75 Å². The quantitative estimate of drug-likeness (QED) is 0.550. The molecular weight excluding hydrogens is 434 g/mol. The molecule has 1 aliphatic heterocycles.